The van der Waals surface area contributed by atoms with Crippen LogP contribution in [0.5, 0.6) is 0 Å². The molecule has 0 saturated heterocycles. The highest BCUT2D eigenvalue weighted by Gasteiger charge is 2.16. The normalized spacial score (nSPS) is 17.2. The van der Waals surface area contributed by atoms with Crippen molar-refractivity contribution in [1.82, 2.24) is 5.23 Å². The van der Waals surface area contributed by atoms with E-state index in [0.717, 1.165) is 6.42 Å². The lowest BCUT2D eigenvalue weighted by Crippen LogP contribution is -2.40. The Morgan fingerprint density at radius 1 is 1.67 bits per heavy atom. The van der Waals surface area contributed by atoms with Gasteiger partial charge in [-0.2, -0.15) is 0 Å². The summed E-state index contributed by atoms with van der Waals surface area (Å²) in [6.07, 6.45) is 1.64. The van der Waals surface area contributed by atoms with Gasteiger partial charge in [-0.25, -0.2) is 0 Å². The molecule has 2 N–H and O–H groups in total. The van der Waals surface area contributed by atoms with Crippen molar-refractivity contribution in [3.63, 3.8) is 0 Å². The lowest BCUT2D eigenvalue weighted by atomic mass is 9.93. The zero-order valence-corrected chi connectivity index (χ0v) is 6.15. The average molecular weight is 127 g/mol. The largest absolute Gasteiger partial charge is 0.396 e. The first-order chi connectivity index (χ1) is 4.18. The average Bonchev–Trinajstić information content (AvgIpc) is 1.89. The summed E-state index contributed by atoms with van der Waals surface area (Å²) in [7, 11) is 5.24. The van der Waals surface area contributed by atoms with Crippen LogP contribution in [-0.2, 0) is 0 Å². The molecule has 1 atom stereocenters. The summed E-state index contributed by atoms with van der Waals surface area (Å²) in [6.45, 7) is 4.22. The van der Waals surface area contributed by atoms with E-state index in [1.807, 2.05) is 13.8 Å². The van der Waals surface area contributed by atoms with Crippen molar-refractivity contribution in [3.8, 4) is 0 Å². The van der Waals surface area contributed by atoms with Gasteiger partial charge in [-0.05, 0) is 19.8 Å². The predicted molar refractivity (Wildman–Crippen MR) is 39.3 cm³/mol. The zero-order chi connectivity index (χ0) is 7.33. The Hall–Kier alpha value is -0.0151. The molecule has 0 aliphatic heterocycles. The summed E-state index contributed by atoms with van der Waals surface area (Å²) < 4.78 is 0. The molecule has 2 nitrogen and oxygen atoms in total. The molecule has 3 heteroatoms. The van der Waals surface area contributed by atoms with Crippen LogP contribution in [0.2, 0.25) is 0 Å². The van der Waals surface area contributed by atoms with Gasteiger partial charge in [0.2, 0.25) is 0 Å². The van der Waals surface area contributed by atoms with Crippen LogP contribution in [0.15, 0.2) is 0 Å². The molecular weight excluding hydrogens is 113 g/mol. The van der Waals surface area contributed by atoms with Crippen LogP contribution in [0.25, 0.3) is 0 Å². The summed E-state index contributed by atoms with van der Waals surface area (Å²) in [5.41, 5.74) is -0.0885. The molecule has 0 rings (SSSR count). The first kappa shape index (κ1) is 8.98. The summed E-state index contributed by atoms with van der Waals surface area (Å²) in [4.78, 5) is 0. The van der Waals surface area contributed by atoms with Crippen molar-refractivity contribution in [2.24, 2.45) is 0 Å². The first-order valence-corrected chi connectivity index (χ1v) is 3.27. The molecule has 52 valence electrons. The van der Waals surface area contributed by atoms with E-state index in [2.05, 4.69) is 5.23 Å². The van der Waals surface area contributed by atoms with Gasteiger partial charge in [0.1, 0.15) is 0 Å². The summed E-state index contributed by atoms with van der Waals surface area (Å²) in [5.74, 6) is 0. The van der Waals surface area contributed by atoms with Crippen LogP contribution in [0.3, 0.4) is 0 Å². The molecule has 2 radical (unpaired) electrons. The van der Waals surface area contributed by atoms with E-state index >= 15 is 0 Å². The molecule has 0 aromatic carbocycles. The fourth-order valence-corrected chi connectivity index (χ4v) is 0.598. The number of rotatable bonds is 4. The quantitative estimate of drug-likeness (QED) is 0.529. The SMILES string of the molecule is [B]NC(C)(CC)CCO. The summed E-state index contributed by atoms with van der Waals surface area (Å²) in [6, 6.07) is 0. The third kappa shape index (κ3) is 2.87. The van der Waals surface area contributed by atoms with Crippen LogP contribution in [0.4, 0.5) is 0 Å². The molecule has 0 aromatic rings. The second-order valence-electron chi connectivity index (χ2n) is 2.53. The minimum absolute atomic E-state index is 0.0885. The third-order valence-electron chi connectivity index (χ3n) is 1.79. The molecule has 0 spiro atoms. The second-order valence-corrected chi connectivity index (χ2v) is 2.53. The van der Waals surface area contributed by atoms with Gasteiger partial charge in [-0.3, -0.25) is 0 Å². The topological polar surface area (TPSA) is 32.3 Å². The van der Waals surface area contributed by atoms with Crippen LogP contribution < -0.4 is 5.23 Å². The van der Waals surface area contributed by atoms with Crippen molar-refractivity contribution in [2.45, 2.75) is 32.2 Å². The van der Waals surface area contributed by atoms with Crippen LogP contribution in [0, 0.1) is 0 Å². The van der Waals surface area contributed by atoms with Gasteiger partial charge in [0, 0.05) is 12.1 Å². The molecule has 0 amide bonds. The van der Waals surface area contributed by atoms with Gasteiger partial charge in [-0.15, -0.1) is 0 Å². The van der Waals surface area contributed by atoms with Crippen molar-refractivity contribution >= 4 is 7.98 Å². The van der Waals surface area contributed by atoms with Crippen LogP contribution in [0.1, 0.15) is 26.7 Å². The Balaban J connectivity index is 3.62. The Morgan fingerprint density at radius 2 is 2.22 bits per heavy atom. The fraction of sp³-hybridized carbons (Fsp3) is 1.00. The van der Waals surface area contributed by atoms with Crippen LogP contribution >= 0.6 is 0 Å². The highest BCUT2D eigenvalue weighted by atomic mass is 16.3. The van der Waals surface area contributed by atoms with E-state index in [9.17, 15) is 0 Å². The maximum atomic E-state index is 8.57. The van der Waals surface area contributed by atoms with E-state index < -0.39 is 0 Å². The molecule has 0 bridgehead atoms. The molecule has 0 aliphatic rings. The molecule has 0 aliphatic carbocycles. The first-order valence-electron chi connectivity index (χ1n) is 3.27. The summed E-state index contributed by atoms with van der Waals surface area (Å²) >= 11 is 0. The zero-order valence-electron chi connectivity index (χ0n) is 6.15. The number of nitrogens with one attached hydrogen (secondary N) is 1. The highest BCUT2D eigenvalue weighted by Crippen LogP contribution is 2.11. The monoisotopic (exact) mass is 127 g/mol. The van der Waals surface area contributed by atoms with E-state index in [0.29, 0.717) is 6.42 Å². The lowest BCUT2D eigenvalue weighted by molar-refractivity contribution is 0.234. The van der Waals surface area contributed by atoms with Crippen molar-refractivity contribution < 1.29 is 5.11 Å². The number of hydrogen-bond acceptors (Lipinski definition) is 2. The minimum atomic E-state index is -0.0885. The molecule has 0 saturated carbocycles. The Kier molecular flexibility index (Phi) is 3.90. The van der Waals surface area contributed by atoms with Crippen molar-refractivity contribution in [3.05, 3.63) is 0 Å². The Labute approximate surface area is 58.1 Å². The van der Waals surface area contributed by atoms with E-state index in [1.165, 1.54) is 0 Å². The third-order valence-corrected chi connectivity index (χ3v) is 1.79. The van der Waals surface area contributed by atoms with Gasteiger partial charge >= 0.3 is 0 Å². The number of hydrogen-bond donors (Lipinski definition) is 2. The highest BCUT2D eigenvalue weighted by molar-refractivity contribution is 6.04. The maximum absolute atomic E-state index is 8.57. The van der Waals surface area contributed by atoms with E-state index in [4.69, 9.17) is 13.1 Å². The molecule has 1 unspecified atom stereocenters. The van der Waals surface area contributed by atoms with Gasteiger partial charge < -0.3 is 10.3 Å². The molecule has 9 heavy (non-hydrogen) atoms. The molecule has 0 fully saturated rings. The second kappa shape index (κ2) is 3.91. The molecule has 0 heterocycles. The van der Waals surface area contributed by atoms with Gasteiger partial charge in [0.05, 0.1) is 0 Å². The fourth-order valence-electron chi connectivity index (χ4n) is 0.598. The van der Waals surface area contributed by atoms with Crippen molar-refractivity contribution in [1.29, 1.82) is 0 Å². The minimum Gasteiger partial charge on any atom is -0.396 e. The van der Waals surface area contributed by atoms with E-state index in [1.54, 1.807) is 0 Å². The van der Waals surface area contributed by atoms with E-state index in [-0.39, 0.29) is 12.1 Å². The number of aliphatic hydroxyl groups is 1. The standard InChI is InChI=1S/C6H14BNO/c1-3-6(2,8-7)4-5-9/h8-9H,3-5H2,1-2H3. The Morgan fingerprint density at radius 3 is 2.33 bits per heavy atom. The van der Waals surface area contributed by atoms with Gasteiger partial charge in [-0.1, -0.05) is 6.92 Å². The van der Waals surface area contributed by atoms with Crippen molar-refractivity contribution in [2.75, 3.05) is 6.61 Å². The maximum Gasteiger partial charge on any atom is 0.178 e. The smallest absolute Gasteiger partial charge is 0.178 e. The summed E-state index contributed by atoms with van der Waals surface area (Å²) in [5, 5.41) is 11.2. The van der Waals surface area contributed by atoms with Gasteiger partial charge in [0.15, 0.2) is 7.98 Å². The molecule has 0 aromatic heterocycles. The Bertz CT molecular complexity index is 73.5. The lowest BCUT2D eigenvalue weighted by Gasteiger charge is -2.27. The number of aliphatic hydroxyl groups excluding tert-OH is 1. The molecular formula is C6H14BNO. The predicted octanol–water partition coefficient (Wildman–Crippen LogP) is 0.211. The van der Waals surface area contributed by atoms with Gasteiger partial charge in [0.25, 0.3) is 0 Å². The van der Waals surface area contributed by atoms with Crippen LogP contribution in [-0.4, -0.2) is 25.2 Å².